The van der Waals surface area contributed by atoms with Crippen molar-refractivity contribution in [2.75, 3.05) is 12.4 Å². The van der Waals surface area contributed by atoms with Crippen molar-refractivity contribution in [1.29, 1.82) is 0 Å². The third-order valence-electron chi connectivity index (χ3n) is 4.29. The van der Waals surface area contributed by atoms with Crippen molar-refractivity contribution in [3.8, 4) is 16.3 Å². The molecule has 0 bridgehead atoms. The molecule has 0 aliphatic heterocycles. The Morgan fingerprint density at radius 2 is 1.97 bits per heavy atom. The highest BCUT2D eigenvalue weighted by atomic mass is 32.1. The molecular formula is C21H14FN3O3S. The molecule has 0 aliphatic rings. The van der Waals surface area contributed by atoms with Crippen LogP contribution in [0.1, 0.15) is 10.4 Å². The van der Waals surface area contributed by atoms with E-state index in [-0.39, 0.29) is 5.56 Å². The fourth-order valence-corrected chi connectivity index (χ4v) is 3.86. The highest BCUT2D eigenvalue weighted by molar-refractivity contribution is 7.21. The van der Waals surface area contributed by atoms with Gasteiger partial charge in [0.1, 0.15) is 16.4 Å². The van der Waals surface area contributed by atoms with Crippen molar-refractivity contribution in [3.05, 3.63) is 77.0 Å². The zero-order valence-corrected chi connectivity index (χ0v) is 16.0. The standard InChI is InChI=1S/C21H14FN3O3S/c1-28-18-11-13(23-20(26)12-6-9-15(22)17(10-12)25-27)7-8-14(18)21-24-16-4-2-3-5-19(16)29-21/h2-11H,1H3,(H,23,26). The summed E-state index contributed by atoms with van der Waals surface area (Å²) < 4.78 is 19.9. The lowest BCUT2D eigenvalue weighted by Crippen LogP contribution is -2.12. The Kier molecular flexibility index (Phi) is 5.01. The van der Waals surface area contributed by atoms with E-state index < -0.39 is 17.4 Å². The Morgan fingerprint density at radius 1 is 1.14 bits per heavy atom. The number of amides is 1. The fraction of sp³-hybridized carbons (Fsp3) is 0.0476. The van der Waals surface area contributed by atoms with Crippen molar-refractivity contribution >= 4 is 38.8 Å². The van der Waals surface area contributed by atoms with E-state index in [1.165, 1.54) is 6.07 Å². The van der Waals surface area contributed by atoms with Crippen LogP contribution in [0.2, 0.25) is 0 Å². The molecule has 0 radical (unpaired) electrons. The minimum atomic E-state index is -0.779. The van der Waals surface area contributed by atoms with Crippen LogP contribution in [0.5, 0.6) is 5.75 Å². The number of rotatable bonds is 5. The topological polar surface area (TPSA) is 80.6 Å². The Labute approximate surface area is 169 Å². The molecule has 0 saturated heterocycles. The summed E-state index contributed by atoms with van der Waals surface area (Å²) in [5.74, 6) is -0.723. The predicted octanol–water partition coefficient (Wildman–Crippen LogP) is 5.76. The molecule has 1 amide bonds. The molecule has 0 atom stereocenters. The number of halogens is 1. The van der Waals surface area contributed by atoms with Gasteiger partial charge in [0.15, 0.2) is 5.82 Å². The van der Waals surface area contributed by atoms with E-state index in [0.29, 0.717) is 11.4 Å². The lowest BCUT2D eigenvalue weighted by atomic mass is 10.1. The molecule has 0 unspecified atom stereocenters. The monoisotopic (exact) mass is 407 g/mol. The average molecular weight is 407 g/mol. The number of carbonyl (C=O) groups excluding carboxylic acids is 1. The molecule has 29 heavy (non-hydrogen) atoms. The Morgan fingerprint density at radius 3 is 2.72 bits per heavy atom. The average Bonchev–Trinajstić information content (AvgIpc) is 3.18. The van der Waals surface area contributed by atoms with Crippen LogP contribution in [-0.2, 0) is 0 Å². The highest BCUT2D eigenvalue weighted by Gasteiger charge is 2.15. The number of carbonyl (C=O) groups is 1. The molecule has 0 fully saturated rings. The number of thiazole rings is 1. The summed E-state index contributed by atoms with van der Waals surface area (Å²) in [6.45, 7) is 0. The number of nitrogens with zero attached hydrogens (tertiary/aromatic N) is 2. The first-order valence-electron chi connectivity index (χ1n) is 8.57. The maximum absolute atomic E-state index is 13.4. The first kappa shape index (κ1) is 18.7. The van der Waals surface area contributed by atoms with Gasteiger partial charge in [0.2, 0.25) is 0 Å². The summed E-state index contributed by atoms with van der Waals surface area (Å²) >= 11 is 1.55. The van der Waals surface area contributed by atoms with Crippen LogP contribution in [-0.4, -0.2) is 18.0 Å². The Bertz CT molecular complexity index is 1210. The predicted molar refractivity (Wildman–Crippen MR) is 111 cm³/mol. The molecule has 0 spiro atoms. The first-order valence-corrected chi connectivity index (χ1v) is 9.39. The lowest BCUT2D eigenvalue weighted by molar-refractivity contribution is 0.102. The van der Waals surface area contributed by atoms with Gasteiger partial charge in [-0.1, -0.05) is 12.1 Å². The third kappa shape index (κ3) is 3.70. The van der Waals surface area contributed by atoms with Crippen LogP contribution >= 0.6 is 11.3 Å². The van der Waals surface area contributed by atoms with Crippen LogP contribution in [0.25, 0.3) is 20.8 Å². The summed E-state index contributed by atoms with van der Waals surface area (Å²) in [5, 5.41) is 6.09. The SMILES string of the molecule is COc1cc(NC(=O)c2ccc(F)c(N=O)c2)ccc1-c1nc2ccccc2s1. The number of benzene rings is 3. The zero-order chi connectivity index (χ0) is 20.4. The van der Waals surface area contributed by atoms with Crippen molar-refractivity contribution in [1.82, 2.24) is 4.98 Å². The number of nitrogens with one attached hydrogen (secondary N) is 1. The molecule has 3 aromatic carbocycles. The second kappa shape index (κ2) is 7.76. The lowest BCUT2D eigenvalue weighted by Gasteiger charge is -2.10. The van der Waals surface area contributed by atoms with Gasteiger partial charge in [-0.2, -0.15) is 0 Å². The van der Waals surface area contributed by atoms with E-state index in [0.717, 1.165) is 32.9 Å². The summed E-state index contributed by atoms with van der Waals surface area (Å²) in [6.07, 6.45) is 0. The van der Waals surface area contributed by atoms with Gasteiger partial charge in [-0.05, 0) is 47.6 Å². The second-order valence-corrected chi connectivity index (χ2v) is 7.14. The molecule has 4 rings (SSSR count). The summed E-state index contributed by atoms with van der Waals surface area (Å²) in [4.78, 5) is 27.7. The van der Waals surface area contributed by atoms with Crippen LogP contribution in [0, 0.1) is 10.7 Å². The van der Waals surface area contributed by atoms with Gasteiger partial charge in [0.05, 0.1) is 22.9 Å². The number of nitroso groups, excluding NO2 is 1. The van der Waals surface area contributed by atoms with Gasteiger partial charge < -0.3 is 10.1 Å². The molecule has 6 nitrogen and oxygen atoms in total. The number of ether oxygens (including phenoxy) is 1. The quantitative estimate of drug-likeness (QED) is 0.427. The minimum Gasteiger partial charge on any atom is -0.496 e. The zero-order valence-electron chi connectivity index (χ0n) is 15.2. The van der Waals surface area contributed by atoms with Crippen molar-refractivity contribution in [2.24, 2.45) is 5.18 Å². The number of hydrogen-bond acceptors (Lipinski definition) is 6. The van der Waals surface area contributed by atoms with Crippen LogP contribution in [0.15, 0.2) is 65.8 Å². The number of para-hydroxylation sites is 1. The summed E-state index contributed by atoms with van der Waals surface area (Å²) in [5.41, 5.74) is 1.90. The van der Waals surface area contributed by atoms with E-state index in [9.17, 15) is 14.1 Å². The summed E-state index contributed by atoms with van der Waals surface area (Å²) in [7, 11) is 1.54. The number of fused-ring (bicyclic) bond motifs is 1. The molecule has 1 N–H and O–H groups in total. The number of hydrogen-bond donors (Lipinski definition) is 1. The molecular weight excluding hydrogens is 393 g/mol. The van der Waals surface area contributed by atoms with E-state index >= 15 is 0 Å². The van der Waals surface area contributed by atoms with Crippen LogP contribution in [0.3, 0.4) is 0 Å². The van der Waals surface area contributed by atoms with Gasteiger partial charge in [-0.3, -0.25) is 4.79 Å². The Hall–Kier alpha value is -3.65. The third-order valence-corrected chi connectivity index (χ3v) is 5.36. The molecule has 8 heteroatoms. The molecule has 0 aliphatic carbocycles. The normalized spacial score (nSPS) is 10.7. The van der Waals surface area contributed by atoms with E-state index in [2.05, 4.69) is 15.5 Å². The molecule has 0 saturated carbocycles. The largest absolute Gasteiger partial charge is 0.496 e. The molecule has 1 heterocycles. The van der Waals surface area contributed by atoms with Gasteiger partial charge in [-0.25, -0.2) is 9.37 Å². The molecule has 4 aromatic rings. The van der Waals surface area contributed by atoms with Crippen LogP contribution in [0.4, 0.5) is 15.8 Å². The van der Waals surface area contributed by atoms with Gasteiger partial charge in [0.25, 0.3) is 5.91 Å². The van der Waals surface area contributed by atoms with Gasteiger partial charge in [0, 0.05) is 17.3 Å². The minimum absolute atomic E-state index is 0.121. The number of anilines is 1. The van der Waals surface area contributed by atoms with E-state index in [1.807, 2.05) is 30.3 Å². The fourth-order valence-electron chi connectivity index (χ4n) is 2.86. The highest BCUT2D eigenvalue weighted by Crippen LogP contribution is 2.37. The first-order chi connectivity index (χ1) is 14.1. The second-order valence-electron chi connectivity index (χ2n) is 6.11. The number of aromatic nitrogens is 1. The smallest absolute Gasteiger partial charge is 0.255 e. The summed E-state index contributed by atoms with van der Waals surface area (Å²) in [6, 6.07) is 16.5. The molecule has 1 aromatic heterocycles. The van der Waals surface area contributed by atoms with E-state index in [4.69, 9.17) is 4.74 Å². The maximum atomic E-state index is 13.4. The van der Waals surface area contributed by atoms with Gasteiger partial charge >= 0.3 is 0 Å². The maximum Gasteiger partial charge on any atom is 0.255 e. The van der Waals surface area contributed by atoms with Crippen molar-refractivity contribution in [2.45, 2.75) is 0 Å². The number of methoxy groups -OCH3 is 1. The van der Waals surface area contributed by atoms with Crippen molar-refractivity contribution in [3.63, 3.8) is 0 Å². The molecule has 144 valence electrons. The van der Waals surface area contributed by atoms with Crippen molar-refractivity contribution < 1.29 is 13.9 Å². The van der Waals surface area contributed by atoms with Gasteiger partial charge in [-0.15, -0.1) is 16.2 Å². The van der Waals surface area contributed by atoms with Crippen LogP contribution < -0.4 is 10.1 Å². The Balaban J connectivity index is 1.62. The van der Waals surface area contributed by atoms with E-state index in [1.54, 1.807) is 30.6 Å².